The number of hydrogen-bond donors (Lipinski definition) is 1. The summed E-state index contributed by atoms with van der Waals surface area (Å²) in [5.74, 6) is 2.97. The first kappa shape index (κ1) is 22.8. The van der Waals surface area contributed by atoms with Crippen molar-refractivity contribution in [2.75, 3.05) is 7.11 Å². The van der Waals surface area contributed by atoms with E-state index in [0.717, 1.165) is 30.6 Å². The Morgan fingerprint density at radius 1 is 1.07 bits per heavy atom. The van der Waals surface area contributed by atoms with Gasteiger partial charge in [0, 0.05) is 7.11 Å². The molecule has 0 spiro atoms. The molecule has 2 nitrogen and oxygen atoms in total. The van der Waals surface area contributed by atoms with Crippen LogP contribution in [0.25, 0.3) is 0 Å². The third kappa shape index (κ3) is 3.72. The summed E-state index contributed by atoms with van der Waals surface area (Å²) in [5.41, 5.74) is 1.96. The van der Waals surface area contributed by atoms with Crippen LogP contribution in [0.4, 0.5) is 0 Å². The van der Waals surface area contributed by atoms with E-state index in [4.69, 9.17) is 4.74 Å². The first-order chi connectivity index (χ1) is 14.3. The highest BCUT2D eigenvalue weighted by Crippen LogP contribution is 2.67. The number of aliphatic hydroxyl groups is 1. The van der Waals surface area contributed by atoms with E-state index in [1.54, 1.807) is 5.57 Å². The van der Waals surface area contributed by atoms with E-state index in [9.17, 15) is 5.11 Å². The van der Waals surface area contributed by atoms with Crippen molar-refractivity contribution in [2.45, 2.75) is 123 Å². The third-order valence-corrected chi connectivity index (χ3v) is 10.7. The van der Waals surface area contributed by atoms with Gasteiger partial charge in [-0.1, -0.05) is 58.1 Å². The van der Waals surface area contributed by atoms with E-state index >= 15 is 0 Å². The van der Waals surface area contributed by atoms with Gasteiger partial charge in [0.15, 0.2) is 0 Å². The molecule has 0 amide bonds. The maximum absolute atomic E-state index is 11.6. The standard InChI is InChI=1S/C28H48O2/c1-6-7-8-9-16-28(4,29)25-13-12-23-22-11-10-20-19-21(30-5)14-17-26(20,2)24(22)15-18-27(23,25)3/h10,21-25,29H,6-9,11-19H2,1-5H3/t21-,22?,23?,24?,25-,26-,27-,28?/m0/s1. The number of rotatable bonds is 7. The van der Waals surface area contributed by atoms with Crippen LogP contribution in [-0.4, -0.2) is 23.9 Å². The molecule has 0 radical (unpaired) electrons. The lowest BCUT2D eigenvalue weighted by atomic mass is 9.46. The number of allylic oxidation sites excluding steroid dienone is 1. The monoisotopic (exact) mass is 416 g/mol. The highest BCUT2D eigenvalue weighted by molar-refractivity contribution is 5.25. The molecule has 3 fully saturated rings. The van der Waals surface area contributed by atoms with Crippen LogP contribution in [0.1, 0.15) is 111 Å². The molecule has 4 aliphatic rings. The zero-order valence-corrected chi connectivity index (χ0v) is 20.5. The van der Waals surface area contributed by atoms with Gasteiger partial charge >= 0.3 is 0 Å². The van der Waals surface area contributed by atoms with E-state index in [1.807, 2.05) is 7.11 Å². The van der Waals surface area contributed by atoms with Gasteiger partial charge in [-0.25, -0.2) is 0 Å². The second-order valence-electron chi connectivity index (χ2n) is 12.2. The van der Waals surface area contributed by atoms with Gasteiger partial charge in [0.2, 0.25) is 0 Å². The van der Waals surface area contributed by atoms with Crippen molar-refractivity contribution in [1.29, 1.82) is 0 Å². The topological polar surface area (TPSA) is 29.5 Å². The van der Waals surface area contributed by atoms with Gasteiger partial charge in [-0.15, -0.1) is 0 Å². The minimum atomic E-state index is -0.486. The van der Waals surface area contributed by atoms with Gasteiger partial charge in [0.1, 0.15) is 0 Å². The number of methoxy groups -OCH3 is 1. The Kier molecular flexibility index (Phi) is 6.50. The lowest BCUT2D eigenvalue weighted by molar-refractivity contribution is -0.106. The second kappa shape index (κ2) is 8.54. The third-order valence-electron chi connectivity index (χ3n) is 10.7. The fraction of sp³-hybridized carbons (Fsp3) is 0.929. The van der Waals surface area contributed by atoms with Gasteiger partial charge < -0.3 is 9.84 Å². The van der Waals surface area contributed by atoms with E-state index in [1.165, 1.54) is 70.6 Å². The maximum Gasteiger partial charge on any atom is 0.0653 e. The Morgan fingerprint density at radius 3 is 2.60 bits per heavy atom. The molecule has 8 atom stereocenters. The Labute approximate surface area is 186 Å². The van der Waals surface area contributed by atoms with Crippen molar-refractivity contribution in [3.05, 3.63) is 11.6 Å². The number of ether oxygens (including phenoxy) is 1. The van der Waals surface area contributed by atoms with Crippen LogP contribution in [0.15, 0.2) is 11.6 Å². The summed E-state index contributed by atoms with van der Waals surface area (Å²) < 4.78 is 5.74. The minimum absolute atomic E-state index is 0.334. The number of fused-ring (bicyclic) bond motifs is 5. The lowest BCUT2D eigenvalue weighted by Crippen LogP contribution is -2.53. The van der Waals surface area contributed by atoms with Crippen molar-refractivity contribution in [3.8, 4) is 0 Å². The Balaban J connectivity index is 1.50. The molecule has 1 N–H and O–H groups in total. The molecule has 30 heavy (non-hydrogen) atoms. The van der Waals surface area contributed by atoms with Gasteiger partial charge in [-0.2, -0.15) is 0 Å². The highest BCUT2D eigenvalue weighted by atomic mass is 16.5. The molecule has 2 heteroatoms. The summed E-state index contributed by atoms with van der Waals surface area (Å²) in [6.07, 6.45) is 19.4. The number of hydrogen-bond acceptors (Lipinski definition) is 2. The van der Waals surface area contributed by atoms with Crippen molar-refractivity contribution >= 4 is 0 Å². The fourth-order valence-corrected chi connectivity index (χ4v) is 8.93. The summed E-state index contributed by atoms with van der Waals surface area (Å²) in [7, 11) is 1.89. The molecular weight excluding hydrogens is 368 g/mol. The summed E-state index contributed by atoms with van der Waals surface area (Å²) >= 11 is 0. The fourth-order valence-electron chi connectivity index (χ4n) is 8.93. The van der Waals surface area contributed by atoms with Crippen molar-refractivity contribution in [3.63, 3.8) is 0 Å². The van der Waals surface area contributed by atoms with Gasteiger partial charge in [-0.3, -0.25) is 0 Å². The van der Waals surface area contributed by atoms with Crippen LogP contribution in [0.5, 0.6) is 0 Å². The average Bonchev–Trinajstić information content (AvgIpc) is 3.09. The van der Waals surface area contributed by atoms with Crippen LogP contribution >= 0.6 is 0 Å². The molecule has 0 aromatic heterocycles. The van der Waals surface area contributed by atoms with Gasteiger partial charge in [-0.05, 0) is 99.2 Å². The quantitative estimate of drug-likeness (QED) is 0.348. The van der Waals surface area contributed by atoms with Crippen molar-refractivity contribution in [1.82, 2.24) is 0 Å². The van der Waals surface area contributed by atoms with Crippen LogP contribution in [0.2, 0.25) is 0 Å². The van der Waals surface area contributed by atoms with E-state index in [2.05, 4.69) is 33.8 Å². The molecule has 0 aromatic carbocycles. The maximum atomic E-state index is 11.6. The molecular formula is C28H48O2. The Bertz CT molecular complexity index is 637. The molecule has 0 aromatic rings. The smallest absolute Gasteiger partial charge is 0.0653 e. The van der Waals surface area contributed by atoms with E-state index in [0.29, 0.717) is 22.9 Å². The van der Waals surface area contributed by atoms with Gasteiger partial charge in [0.05, 0.1) is 11.7 Å². The zero-order valence-electron chi connectivity index (χ0n) is 20.5. The second-order valence-corrected chi connectivity index (χ2v) is 12.2. The van der Waals surface area contributed by atoms with Crippen molar-refractivity contribution in [2.24, 2.45) is 34.5 Å². The average molecular weight is 417 g/mol. The molecule has 4 aliphatic carbocycles. The summed E-state index contributed by atoms with van der Waals surface area (Å²) in [5, 5.41) is 11.6. The predicted molar refractivity (Wildman–Crippen MR) is 125 cm³/mol. The largest absolute Gasteiger partial charge is 0.390 e. The van der Waals surface area contributed by atoms with Gasteiger partial charge in [0.25, 0.3) is 0 Å². The minimum Gasteiger partial charge on any atom is -0.390 e. The molecule has 4 rings (SSSR count). The normalized spacial score (nSPS) is 45.1. The predicted octanol–water partition coefficient (Wildman–Crippen LogP) is 7.30. The highest BCUT2D eigenvalue weighted by Gasteiger charge is 2.61. The molecule has 0 bridgehead atoms. The van der Waals surface area contributed by atoms with E-state index < -0.39 is 5.60 Å². The Morgan fingerprint density at radius 2 is 1.87 bits per heavy atom. The molecule has 0 heterocycles. The number of unbranched alkanes of at least 4 members (excludes halogenated alkanes) is 3. The van der Waals surface area contributed by atoms with Crippen LogP contribution in [-0.2, 0) is 4.74 Å². The molecule has 0 saturated heterocycles. The zero-order chi connectivity index (χ0) is 21.6. The molecule has 3 saturated carbocycles. The molecule has 172 valence electrons. The Hall–Kier alpha value is -0.340. The lowest BCUT2D eigenvalue weighted by Gasteiger charge is -2.59. The first-order valence-electron chi connectivity index (χ1n) is 13.2. The van der Waals surface area contributed by atoms with Crippen LogP contribution < -0.4 is 0 Å². The van der Waals surface area contributed by atoms with E-state index in [-0.39, 0.29) is 0 Å². The summed E-state index contributed by atoms with van der Waals surface area (Å²) in [6, 6.07) is 0. The van der Waals surface area contributed by atoms with Crippen molar-refractivity contribution < 1.29 is 9.84 Å². The summed E-state index contributed by atoms with van der Waals surface area (Å²) in [6.45, 7) is 9.59. The molecule has 0 aliphatic heterocycles. The SMILES string of the molecule is CCCCCCC(C)(O)[C@H]1CCC2C3CC=C4C[C@@H](OC)CC[C@]4(C)C3CC[C@@]21C. The first-order valence-corrected chi connectivity index (χ1v) is 13.2. The molecule has 4 unspecified atom stereocenters. The summed E-state index contributed by atoms with van der Waals surface area (Å²) in [4.78, 5) is 0. The van der Waals surface area contributed by atoms with Crippen LogP contribution in [0, 0.1) is 34.5 Å². The van der Waals surface area contributed by atoms with Crippen LogP contribution in [0.3, 0.4) is 0 Å².